The fraction of sp³-hybridized carbons (Fsp3) is 0.625. The molecule has 0 saturated heterocycles. The van der Waals surface area contributed by atoms with Gasteiger partial charge < -0.3 is 4.74 Å². The number of halogens is 1. The lowest BCUT2D eigenvalue weighted by Gasteiger charge is -2.34. The van der Waals surface area contributed by atoms with E-state index in [1.807, 2.05) is 12.1 Å². The second-order valence-electron chi connectivity index (χ2n) is 5.73. The Bertz CT molecular complexity index is 438. The molecule has 3 unspecified atom stereocenters. The largest absolute Gasteiger partial charge is 0.497 e. The fourth-order valence-electron chi connectivity index (χ4n) is 3.37. The van der Waals surface area contributed by atoms with Crippen molar-refractivity contribution in [3.05, 3.63) is 28.2 Å². The summed E-state index contributed by atoms with van der Waals surface area (Å²) in [4.78, 5) is 0. The number of hydrazine groups is 1. The van der Waals surface area contributed by atoms with Crippen LogP contribution < -0.4 is 16.0 Å². The highest BCUT2D eigenvalue weighted by Gasteiger charge is 2.29. The quantitative estimate of drug-likeness (QED) is 0.624. The van der Waals surface area contributed by atoms with Crippen LogP contribution in [0, 0.1) is 11.8 Å². The van der Waals surface area contributed by atoms with Crippen LogP contribution in [0.3, 0.4) is 0 Å². The molecular weight excluding hydrogens is 316 g/mol. The van der Waals surface area contributed by atoms with Gasteiger partial charge in [0.05, 0.1) is 13.2 Å². The average Bonchev–Trinajstić information content (AvgIpc) is 2.50. The molecule has 1 fully saturated rings. The zero-order valence-electron chi connectivity index (χ0n) is 12.4. The van der Waals surface area contributed by atoms with Crippen molar-refractivity contribution in [2.45, 2.75) is 45.1 Å². The summed E-state index contributed by atoms with van der Waals surface area (Å²) in [7, 11) is 1.70. The van der Waals surface area contributed by atoms with Crippen LogP contribution in [0.1, 0.15) is 50.6 Å². The van der Waals surface area contributed by atoms with Crippen LogP contribution in [-0.2, 0) is 0 Å². The van der Waals surface area contributed by atoms with E-state index >= 15 is 0 Å². The molecule has 4 heteroatoms. The van der Waals surface area contributed by atoms with E-state index in [2.05, 4.69) is 34.3 Å². The predicted molar refractivity (Wildman–Crippen MR) is 86.5 cm³/mol. The number of nitrogens with one attached hydrogen (secondary N) is 1. The molecule has 0 aliphatic heterocycles. The van der Waals surface area contributed by atoms with Crippen LogP contribution in [0.5, 0.6) is 5.75 Å². The summed E-state index contributed by atoms with van der Waals surface area (Å²) in [5.74, 6) is 8.19. The third-order valence-corrected chi connectivity index (χ3v) is 5.31. The third kappa shape index (κ3) is 3.54. The smallest absolute Gasteiger partial charge is 0.119 e. The van der Waals surface area contributed by atoms with Gasteiger partial charge in [0.15, 0.2) is 0 Å². The Labute approximate surface area is 130 Å². The maximum absolute atomic E-state index is 5.87. The first-order chi connectivity index (χ1) is 9.69. The van der Waals surface area contributed by atoms with Gasteiger partial charge in [-0.05, 0) is 48.4 Å². The minimum absolute atomic E-state index is 0.189. The standard InChI is InChI=1S/C16H25BrN2O/c1-3-11-5-4-6-12(9-11)16(19-18)14-10-13(20-2)7-8-15(14)17/h7-8,10-12,16,19H,3-6,9,18H2,1-2H3. The second-order valence-corrected chi connectivity index (χ2v) is 6.59. The van der Waals surface area contributed by atoms with Gasteiger partial charge in [-0.2, -0.15) is 0 Å². The molecular formula is C16H25BrN2O. The number of hydrogen-bond acceptors (Lipinski definition) is 3. The van der Waals surface area contributed by atoms with Gasteiger partial charge in [-0.3, -0.25) is 11.3 Å². The maximum atomic E-state index is 5.87. The van der Waals surface area contributed by atoms with Gasteiger partial charge in [0.25, 0.3) is 0 Å². The molecule has 112 valence electrons. The monoisotopic (exact) mass is 340 g/mol. The van der Waals surface area contributed by atoms with E-state index in [0.717, 1.165) is 16.1 Å². The highest BCUT2D eigenvalue weighted by molar-refractivity contribution is 9.10. The number of hydrogen-bond donors (Lipinski definition) is 2. The van der Waals surface area contributed by atoms with E-state index in [9.17, 15) is 0 Å². The van der Waals surface area contributed by atoms with Gasteiger partial charge in [0.2, 0.25) is 0 Å². The summed E-state index contributed by atoms with van der Waals surface area (Å²) in [5.41, 5.74) is 4.24. The molecule has 0 heterocycles. The van der Waals surface area contributed by atoms with E-state index in [1.54, 1.807) is 7.11 Å². The molecule has 1 aromatic carbocycles. The van der Waals surface area contributed by atoms with Crippen molar-refractivity contribution in [2.24, 2.45) is 17.7 Å². The predicted octanol–water partition coefficient (Wildman–Crippen LogP) is 4.18. The molecule has 0 aromatic heterocycles. The number of nitrogens with two attached hydrogens (primary N) is 1. The molecule has 1 aromatic rings. The summed E-state index contributed by atoms with van der Waals surface area (Å²) in [6, 6.07) is 6.29. The highest BCUT2D eigenvalue weighted by atomic mass is 79.9. The van der Waals surface area contributed by atoms with Crippen molar-refractivity contribution in [1.29, 1.82) is 0 Å². The van der Waals surface area contributed by atoms with Gasteiger partial charge >= 0.3 is 0 Å². The summed E-state index contributed by atoms with van der Waals surface area (Å²) in [6.45, 7) is 2.29. The van der Waals surface area contributed by atoms with Gasteiger partial charge in [-0.25, -0.2) is 0 Å². The maximum Gasteiger partial charge on any atom is 0.119 e. The van der Waals surface area contributed by atoms with Crippen molar-refractivity contribution in [3.63, 3.8) is 0 Å². The molecule has 0 amide bonds. The molecule has 1 aliphatic carbocycles. The molecule has 3 nitrogen and oxygen atoms in total. The SMILES string of the molecule is CCC1CCCC(C(NN)c2cc(OC)ccc2Br)C1. The Morgan fingerprint density at radius 3 is 2.90 bits per heavy atom. The van der Waals surface area contributed by atoms with Crippen molar-refractivity contribution >= 4 is 15.9 Å². The van der Waals surface area contributed by atoms with Gasteiger partial charge in [-0.15, -0.1) is 0 Å². The lowest BCUT2D eigenvalue weighted by Crippen LogP contribution is -2.36. The number of methoxy groups -OCH3 is 1. The molecule has 1 aliphatic rings. The first-order valence-corrected chi connectivity index (χ1v) is 8.28. The Hall–Kier alpha value is -0.580. The Morgan fingerprint density at radius 1 is 1.45 bits per heavy atom. The van der Waals surface area contributed by atoms with E-state index in [1.165, 1.54) is 37.7 Å². The van der Waals surface area contributed by atoms with Crippen LogP contribution in [0.4, 0.5) is 0 Å². The molecule has 3 N–H and O–H groups in total. The zero-order chi connectivity index (χ0) is 14.5. The second kappa shape index (κ2) is 7.43. The highest BCUT2D eigenvalue weighted by Crippen LogP contribution is 2.40. The summed E-state index contributed by atoms with van der Waals surface area (Å²) in [6.07, 6.45) is 6.45. The van der Waals surface area contributed by atoms with Crippen LogP contribution >= 0.6 is 15.9 Å². The fourth-order valence-corrected chi connectivity index (χ4v) is 3.87. The molecule has 2 rings (SSSR count). The van der Waals surface area contributed by atoms with Gasteiger partial charge in [0, 0.05) is 4.47 Å². The number of ether oxygens (including phenoxy) is 1. The summed E-state index contributed by atoms with van der Waals surface area (Å²) in [5, 5.41) is 0. The summed E-state index contributed by atoms with van der Waals surface area (Å²) < 4.78 is 6.44. The number of benzene rings is 1. The van der Waals surface area contributed by atoms with Gasteiger partial charge in [0.1, 0.15) is 5.75 Å². The van der Waals surface area contributed by atoms with E-state index in [-0.39, 0.29) is 6.04 Å². The lowest BCUT2D eigenvalue weighted by atomic mass is 9.75. The zero-order valence-corrected chi connectivity index (χ0v) is 13.9. The van der Waals surface area contributed by atoms with Crippen LogP contribution in [-0.4, -0.2) is 7.11 Å². The van der Waals surface area contributed by atoms with Crippen molar-refractivity contribution in [1.82, 2.24) is 5.43 Å². The lowest BCUT2D eigenvalue weighted by molar-refractivity contribution is 0.209. The van der Waals surface area contributed by atoms with E-state index in [0.29, 0.717) is 5.92 Å². The van der Waals surface area contributed by atoms with Crippen molar-refractivity contribution in [2.75, 3.05) is 7.11 Å². The van der Waals surface area contributed by atoms with Crippen molar-refractivity contribution in [3.8, 4) is 5.75 Å². The first-order valence-electron chi connectivity index (χ1n) is 7.49. The van der Waals surface area contributed by atoms with Crippen molar-refractivity contribution < 1.29 is 4.74 Å². The van der Waals surface area contributed by atoms with E-state index in [4.69, 9.17) is 10.6 Å². The van der Waals surface area contributed by atoms with Gasteiger partial charge in [-0.1, -0.05) is 42.1 Å². The van der Waals surface area contributed by atoms with E-state index < -0.39 is 0 Å². The molecule has 3 atom stereocenters. The molecule has 1 saturated carbocycles. The Morgan fingerprint density at radius 2 is 2.25 bits per heavy atom. The normalized spacial score (nSPS) is 24.4. The first kappa shape index (κ1) is 15.8. The average molecular weight is 341 g/mol. The molecule has 0 radical (unpaired) electrons. The molecule has 0 spiro atoms. The van der Waals surface area contributed by atoms with Crippen LogP contribution in [0.15, 0.2) is 22.7 Å². The molecule has 0 bridgehead atoms. The van der Waals surface area contributed by atoms with Crippen LogP contribution in [0.2, 0.25) is 0 Å². The topological polar surface area (TPSA) is 47.3 Å². The Balaban J connectivity index is 2.22. The van der Waals surface area contributed by atoms with Crippen LogP contribution in [0.25, 0.3) is 0 Å². The minimum Gasteiger partial charge on any atom is -0.497 e. The molecule has 20 heavy (non-hydrogen) atoms. The summed E-state index contributed by atoms with van der Waals surface area (Å²) >= 11 is 3.65. The number of rotatable bonds is 5. The third-order valence-electron chi connectivity index (χ3n) is 4.59. The minimum atomic E-state index is 0.189. The Kier molecular flexibility index (Phi) is 5.87.